The summed E-state index contributed by atoms with van der Waals surface area (Å²) in [6.45, 7) is 9.19. The number of carbonyl (C=O) groups is 2. The summed E-state index contributed by atoms with van der Waals surface area (Å²) in [4.78, 5) is 24.6. The van der Waals surface area contributed by atoms with Crippen LogP contribution in [0, 0.1) is 12.8 Å². The Labute approximate surface area is 160 Å². The second kappa shape index (κ2) is 8.35. The molecule has 0 bridgehead atoms. The predicted octanol–water partition coefficient (Wildman–Crippen LogP) is 3.91. The lowest BCUT2D eigenvalue weighted by Gasteiger charge is -2.27. The van der Waals surface area contributed by atoms with E-state index >= 15 is 0 Å². The predicted molar refractivity (Wildman–Crippen MR) is 108 cm³/mol. The minimum absolute atomic E-state index is 0.0382. The van der Waals surface area contributed by atoms with E-state index in [0.29, 0.717) is 24.3 Å². The highest BCUT2D eigenvalue weighted by Gasteiger charge is 2.22. The monoisotopic (exact) mass is 366 g/mol. The fraction of sp³-hybridized carbons (Fsp3) is 0.364. The number of benzene rings is 1. The lowest BCUT2D eigenvalue weighted by molar-refractivity contribution is -0.116. The Kier molecular flexibility index (Phi) is 5.91. The van der Waals surface area contributed by atoms with Crippen LogP contribution in [0.1, 0.15) is 30.9 Å². The Balaban J connectivity index is 1.84. The van der Waals surface area contributed by atoms with Gasteiger partial charge in [-0.25, -0.2) is 0 Å². The molecule has 3 rings (SSSR count). The molecular weight excluding hydrogens is 340 g/mol. The second-order valence-electron chi connectivity index (χ2n) is 7.08. The average molecular weight is 366 g/mol. The van der Waals surface area contributed by atoms with E-state index in [1.54, 1.807) is 6.08 Å². The highest BCUT2D eigenvalue weighted by molar-refractivity contribution is 6.07. The molecule has 1 fully saturated rings. The molecule has 1 aromatic rings. The number of anilines is 2. The molecule has 5 nitrogen and oxygen atoms in total. The van der Waals surface area contributed by atoms with E-state index in [2.05, 4.69) is 17.2 Å². The molecule has 0 saturated carbocycles. The van der Waals surface area contributed by atoms with Crippen LogP contribution in [0.4, 0.5) is 11.4 Å². The van der Waals surface area contributed by atoms with Crippen molar-refractivity contribution in [1.29, 1.82) is 0 Å². The van der Waals surface area contributed by atoms with E-state index in [-0.39, 0.29) is 11.8 Å². The first-order chi connectivity index (χ1) is 13.0. The smallest absolute Gasteiger partial charge is 0.255 e. The number of nitrogens with one attached hydrogen (secondary N) is 2. The first-order valence-electron chi connectivity index (χ1n) is 9.32. The Bertz CT molecular complexity index is 832. The topological polar surface area (TPSA) is 67.4 Å². The van der Waals surface area contributed by atoms with E-state index in [4.69, 9.17) is 4.74 Å². The molecule has 27 heavy (non-hydrogen) atoms. The van der Waals surface area contributed by atoms with Crippen molar-refractivity contribution < 1.29 is 14.3 Å². The van der Waals surface area contributed by atoms with Gasteiger partial charge in [-0.15, -0.1) is 0 Å². The van der Waals surface area contributed by atoms with E-state index in [9.17, 15) is 9.59 Å². The summed E-state index contributed by atoms with van der Waals surface area (Å²) in [7, 11) is 0. The molecule has 0 radical (unpaired) electrons. The molecule has 2 aliphatic heterocycles. The van der Waals surface area contributed by atoms with Gasteiger partial charge >= 0.3 is 0 Å². The molecule has 1 saturated heterocycles. The second-order valence-corrected chi connectivity index (χ2v) is 7.08. The number of fused-ring (bicyclic) bond motifs is 1. The van der Waals surface area contributed by atoms with Crippen LogP contribution < -0.4 is 10.6 Å². The molecule has 0 spiro atoms. The normalized spacial score (nSPS) is 17.6. The van der Waals surface area contributed by atoms with E-state index in [1.165, 1.54) is 0 Å². The number of ether oxygens (including phenoxy) is 1. The van der Waals surface area contributed by atoms with Crippen molar-refractivity contribution in [3.8, 4) is 0 Å². The van der Waals surface area contributed by atoms with Crippen molar-refractivity contribution in [2.24, 2.45) is 5.92 Å². The van der Waals surface area contributed by atoms with E-state index < -0.39 is 0 Å². The Hall–Kier alpha value is -2.66. The number of carbonyl (C=O) groups excluding carboxylic acids is 2. The SMILES string of the molecule is C=C/C(CC1COC1)=C(\C=C/C)C(=O)Nc1cc(C)c2c(c1)CCC(=O)N2. The van der Waals surface area contributed by atoms with Gasteiger partial charge in [0, 0.05) is 29.3 Å². The van der Waals surface area contributed by atoms with Crippen LogP contribution >= 0.6 is 0 Å². The maximum Gasteiger partial charge on any atom is 0.255 e. The van der Waals surface area contributed by atoms with Crippen molar-refractivity contribution in [3.05, 3.63) is 59.2 Å². The summed E-state index contributed by atoms with van der Waals surface area (Å²) < 4.78 is 5.24. The summed E-state index contributed by atoms with van der Waals surface area (Å²) in [6.07, 6.45) is 7.40. The molecule has 142 valence electrons. The number of rotatable bonds is 6. The van der Waals surface area contributed by atoms with E-state index in [1.807, 2.05) is 38.1 Å². The fourth-order valence-electron chi connectivity index (χ4n) is 3.47. The summed E-state index contributed by atoms with van der Waals surface area (Å²) >= 11 is 0. The molecule has 0 aromatic heterocycles. The molecule has 2 amide bonds. The van der Waals surface area contributed by atoms with Gasteiger partial charge in [0.25, 0.3) is 5.91 Å². The van der Waals surface area contributed by atoms with Crippen LogP contribution in [0.25, 0.3) is 0 Å². The molecule has 2 heterocycles. The lowest BCUT2D eigenvalue weighted by Crippen LogP contribution is -2.28. The van der Waals surface area contributed by atoms with Gasteiger partial charge in [-0.3, -0.25) is 9.59 Å². The molecular formula is C22H26N2O3. The molecule has 2 N–H and O–H groups in total. The quantitative estimate of drug-likeness (QED) is 0.592. The number of hydrogen-bond donors (Lipinski definition) is 2. The van der Waals surface area contributed by atoms with Gasteiger partial charge in [0.1, 0.15) is 0 Å². The average Bonchev–Trinajstić information content (AvgIpc) is 2.60. The van der Waals surface area contributed by atoms with Gasteiger partial charge in [0.15, 0.2) is 0 Å². The van der Waals surface area contributed by atoms with Gasteiger partial charge in [0.05, 0.1) is 13.2 Å². The first kappa shape index (κ1) is 19.1. The van der Waals surface area contributed by atoms with Crippen LogP contribution in [-0.2, 0) is 20.7 Å². The molecule has 5 heteroatoms. The highest BCUT2D eigenvalue weighted by Crippen LogP contribution is 2.30. The molecule has 0 unspecified atom stereocenters. The van der Waals surface area contributed by atoms with Crippen LogP contribution in [0.15, 0.2) is 48.1 Å². The fourth-order valence-corrected chi connectivity index (χ4v) is 3.47. The third-order valence-corrected chi connectivity index (χ3v) is 4.95. The number of allylic oxidation sites excluding steroid dienone is 3. The third-order valence-electron chi connectivity index (χ3n) is 4.95. The largest absolute Gasteiger partial charge is 0.381 e. The molecule has 2 aliphatic rings. The summed E-state index contributed by atoms with van der Waals surface area (Å²) in [5.74, 6) is 0.333. The van der Waals surface area contributed by atoms with Crippen LogP contribution in [0.5, 0.6) is 0 Å². The van der Waals surface area contributed by atoms with Crippen molar-refractivity contribution >= 4 is 23.2 Å². The standard InChI is InChI=1S/C22H26N2O3/c1-4-6-19(16(5-2)10-15-12-27-13-15)22(26)23-18-9-14(3)21-17(11-18)7-8-20(25)24-21/h4-6,9,11,15H,2,7-8,10,12-13H2,1,3H3,(H,23,26)(H,24,25)/b6-4-,19-16-. The zero-order chi connectivity index (χ0) is 19.4. The van der Waals surface area contributed by atoms with Crippen molar-refractivity contribution in [2.45, 2.75) is 33.1 Å². The van der Waals surface area contributed by atoms with Gasteiger partial charge in [-0.1, -0.05) is 24.8 Å². The van der Waals surface area contributed by atoms with Crippen LogP contribution in [0.2, 0.25) is 0 Å². The zero-order valence-corrected chi connectivity index (χ0v) is 15.9. The summed E-state index contributed by atoms with van der Waals surface area (Å²) in [6, 6.07) is 3.84. The summed E-state index contributed by atoms with van der Waals surface area (Å²) in [5, 5.41) is 5.93. The Morgan fingerprint density at radius 3 is 2.78 bits per heavy atom. The Morgan fingerprint density at radius 2 is 2.15 bits per heavy atom. The summed E-state index contributed by atoms with van der Waals surface area (Å²) in [5.41, 5.74) is 5.17. The van der Waals surface area contributed by atoms with Gasteiger partial charge in [-0.2, -0.15) is 0 Å². The number of hydrogen-bond acceptors (Lipinski definition) is 3. The van der Waals surface area contributed by atoms with Crippen LogP contribution in [-0.4, -0.2) is 25.0 Å². The maximum atomic E-state index is 13.0. The first-order valence-corrected chi connectivity index (χ1v) is 9.32. The number of amides is 2. The van der Waals surface area contributed by atoms with Crippen LogP contribution in [0.3, 0.4) is 0 Å². The minimum atomic E-state index is -0.151. The minimum Gasteiger partial charge on any atom is -0.381 e. The van der Waals surface area contributed by atoms with Crippen molar-refractivity contribution in [3.63, 3.8) is 0 Å². The van der Waals surface area contributed by atoms with Gasteiger partial charge < -0.3 is 15.4 Å². The zero-order valence-electron chi connectivity index (χ0n) is 15.9. The van der Waals surface area contributed by atoms with Gasteiger partial charge in [0.2, 0.25) is 5.91 Å². The van der Waals surface area contributed by atoms with Crippen molar-refractivity contribution in [2.75, 3.05) is 23.8 Å². The lowest BCUT2D eigenvalue weighted by atomic mass is 9.93. The molecule has 0 atom stereocenters. The maximum absolute atomic E-state index is 13.0. The molecule has 0 aliphatic carbocycles. The van der Waals surface area contributed by atoms with Gasteiger partial charge in [-0.05, 0) is 55.5 Å². The Morgan fingerprint density at radius 1 is 1.37 bits per heavy atom. The van der Waals surface area contributed by atoms with E-state index in [0.717, 1.165) is 47.7 Å². The molecule has 1 aromatic carbocycles. The number of aryl methyl sites for hydroxylation is 2. The van der Waals surface area contributed by atoms with Crippen molar-refractivity contribution in [1.82, 2.24) is 0 Å². The third kappa shape index (κ3) is 4.37. The highest BCUT2D eigenvalue weighted by atomic mass is 16.5.